The second kappa shape index (κ2) is 8.37. The van der Waals surface area contributed by atoms with Crippen LogP contribution in [-0.2, 0) is 4.79 Å². The Morgan fingerprint density at radius 3 is 2.60 bits per heavy atom. The van der Waals surface area contributed by atoms with Gasteiger partial charge in [0, 0.05) is 6.04 Å². The highest BCUT2D eigenvalue weighted by molar-refractivity contribution is 5.91. The number of carbonyl (C=O) groups excluding carboxylic acids is 1. The Hall–Kier alpha value is -2.76. The van der Waals surface area contributed by atoms with Gasteiger partial charge in [-0.15, -0.1) is 0 Å². The Labute approximate surface area is 147 Å². The molecule has 25 heavy (non-hydrogen) atoms. The highest BCUT2D eigenvalue weighted by Crippen LogP contribution is 2.25. The van der Waals surface area contributed by atoms with E-state index in [1.807, 2.05) is 24.3 Å². The zero-order chi connectivity index (χ0) is 17.5. The number of pyridine rings is 1. The summed E-state index contributed by atoms with van der Waals surface area (Å²) in [5.41, 5.74) is 0.644. The van der Waals surface area contributed by atoms with Crippen LogP contribution in [0.4, 0.5) is 11.5 Å². The van der Waals surface area contributed by atoms with Crippen molar-refractivity contribution < 1.29 is 14.3 Å². The van der Waals surface area contributed by atoms with E-state index in [1.54, 1.807) is 25.4 Å². The zero-order valence-electron chi connectivity index (χ0n) is 14.3. The van der Waals surface area contributed by atoms with Crippen molar-refractivity contribution in [2.75, 3.05) is 24.4 Å². The number of carbonyl (C=O) groups is 1. The van der Waals surface area contributed by atoms with Crippen LogP contribution in [0.5, 0.6) is 11.5 Å². The molecule has 6 nitrogen and oxygen atoms in total. The first-order chi connectivity index (χ1) is 12.2. The molecule has 1 aromatic carbocycles. The summed E-state index contributed by atoms with van der Waals surface area (Å²) in [7, 11) is 1.56. The van der Waals surface area contributed by atoms with E-state index in [2.05, 4.69) is 15.6 Å². The van der Waals surface area contributed by atoms with Gasteiger partial charge < -0.3 is 20.1 Å². The molecule has 0 aliphatic heterocycles. The lowest BCUT2D eigenvalue weighted by atomic mass is 10.2. The van der Waals surface area contributed by atoms with E-state index >= 15 is 0 Å². The molecule has 0 bridgehead atoms. The molecule has 1 aliphatic rings. The standard InChI is InChI=1S/C19H23N3O3/c1-24-16-8-4-5-9-17(16)25-13-19(23)22-15-10-11-18(20-12-15)21-14-6-2-3-7-14/h4-5,8-12,14H,2-3,6-7,13H2,1H3,(H,20,21)(H,22,23). The first-order valence-corrected chi connectivity index (χ1v) is 8.53. The topological polar surface area (TPSA) is 72.5 Å². The maximum absolute atomic E-state index is 12.0. The highest BCUT2D eigenvalue weighted by atomic mass is 16.5. The molecule has 0 atom stereocenters. The average Bonchev–Trinajstić information content (AvgIpc) is 3.15. The van der Waals surface area contributed by atoms with Crippen LogP contribution in [0, 0.1) is 0 Å². The van der Waals surface area contributed by atoms with E-state index in [9.17, 15) is 4.79 Å². The Bertz CT molecular complexity index is 697. The van der Waals surface area contributed by atoms with E-state index in [-0.39, 0.29) is 12.5 Å². The minimum absolute atomic E-state index is 0.0948. The summed E-state index contributed by atoms with van der Waals surface area (Å²) in [5.74, 6) is 1.73. The molecule has 0 radical (unpaired) electrons. The number of methoxy groups -OCH3 is 1. The number of anilines is 2. The van der Waals surface area contributed by atoms with Crippen LogP contribution in [0.25, 0.3) is 0 Å². The molecule has 1 saturated carbocycles. The third-order valence-electron chi connectivity index (χ3n) is 4.18. The number of hydrogen-bond donors (Lipinski definition) is 2. The molecular weight excluding hydrogens is 318 g/mol. The van der Waals surface area contributed by atoms with Gasteiger partial charge in [0.1, 0.15) is 5.82 Å². The number of aromatic nitrogens is 1. The fraction of sp³-hybridized carbons (Fsp3) is 0.368. The van der Waals surface area contributed by atoms with Gasteiger partial charge in [-0.25, -0.2) is 4.98 Å². The molecule has 6 heteroatoms. The molecule has 2 N–H and O–H groups in total. The van der Waals surface area contributed by atoms with Gasteiger partial charge in [0.25, 0.3) is 5.91 Å². The number of ether oxygens (including phenoxy) is 2. The maximum Gasteiger partial charge on any atom is 0.262 e. The van der Waals surface area contributed by atoms with Crippen molar-refractivity contribution in [3.05, 3.63) is 42.6 Å². The van der Waals surface area contributed by atoms with Crippen LogP contribution in [0.3, 0.4) is 0 Å². The van der Waals surface area contributed by atoms with Crippen LogP contribution in [-0.4, -0.2) is 30.6 Å². The lowest BCUT2D eigenvalue weighted by Crippen LogP contribution is -2.20. The molecule has 1 aromatic heterocycles. The summed E-state index contributed by atoms with van der Waals surface area (Å²) < 4.78 is 10.7. The van der Waals surface area contributed by atoms with Gasteiger partial charge in [-0.1, -0.05) is 25.0 Å². The Balaban J connectivity index is 1.49. The second-order valence-corrected chi connectivity index (χ2v) is 6.05. The molecule has 0 spiro atoms. The first-order valence-electron chi connectivity index (χ1n) is 8.53. The molecule has 0 unspecified atom stereocenters. The molecule has 2 aromatic rings. The third kappa shape index (κ3) is 4.86. The summed E-state index contributed by atoms with van der Waals surface area (Å²) in [6.07, 6.45) is 6.59. The highest BCUT2D eigenvalue weighted by Gasteiger charge is 2.14. The van der Waals surface area contributed by atoms with Crippen LogP contribution >= 0.6 is 0 Å². The van der Waals surface area contributed by atoms with Crippen LogP contribution < -0.4 is 20.1 Å². The van der Waals surface area contributed by atoms with Crippen LogP contribution in [0.1, 0.15) is 25.7 Å². The van der Waals surface area contributed by atoms with Gasteiger partial charge in [0.05, 0.1) is 19.0 Å². The van der Waals surface area contributed by atoms with E-state index in [0.29, 0.717) is 23.2 Å². The number of nitrogens with one attached hydrogen (secondary N) is 2. The van der Waals surface area contributed by atoms with Gasteiger partial charge in [-0.2, -0.15) is 0 Å². The normalized spacial score (nSPS) is 14.1. The molecule has 3 rings (SSSR count). The van der Waals surface area contributed by atoms with Gasteiger partial charge >= 0.3 is 0 Å². The van der Waals surface area contributed by atoms with Gasteiger partial charge in [0.15, 0.2) is 18.1 Å². The summed E-state index contributed by atoms with van der Waals surface area (Å²) in [6, 6.07) is 11.5. The van der Waals surface area contributed by atoms with Crippen molar-refractivity contribution in [2.45, 2.75) is 31.7 Å². The minimum atomic E-state index is -0.246. The predicted molar refractivity (Wildman–Crippen MR) is 97.2 cm³/mol. The largest absolute Gasteiger partial charge is 0.493 e. The lowest BCUT2D eigenvalue weighted by Gasteiger charge is -2.13. The van der Waals surface area contributed by atoms with E-state index < -0.39 is 0 Å². The van der Waals surface area contributed by atoms with Crippen molar-refractivity contribution in [1.82, 2.24) is 4.98 Å². The zero-order valence-corrected chi connectivity index (χ0v) is 14.3. The first kappa shape index (κ1) is 17.1. The fourth-order valence-corrected chi connectivity index (χ4v) is 2.91. The van der Waals surface area contributed by atoms with Crippen molar-refractivity contribution in [3.63, 3.8) is 0 Å². The van der Waals surface area contributed by atoms with Crippen molar-refractivity contribution in [1.29, 1.82) is 0 Å². The van der Waals surface area contributed by atoms with E-state index in [4.69, 9.17) is 9.47 Å². The SMILES string of the molecule is COc1ccccc1OCC(=O)Nc1ccc(NC2CCCC2)nc1. The molecular formula is C19H23N3O3. The monoisotopic (exact) mass is 341 g/mol. The van der Waals surface area contributed by atoms with Crippen LogP contribution in [0.15, 0.2) is 42.6 Å². The van der Waals surface area contributed by atoms with E-state index in [0.717, 1.165) is 5.82 Å². The van der Waals surface area contributed by atoms with Crippen LogP contribution in [0.2, 0.25) is 0 Å². The third-order valence-corrected chi connectivity index (χ3v) is 4.18. The summed E-state index contributed by atoms with van der Waals surface area (Å²) in [6.45, 7) is -0.0948. The number of hydrogen-bond acceptors (Lipinski definition) is 5. The molecule has 132 valence electrons. The predicted octanol–water partition coefficient (Wildman–Crippen LogP) is 3.46. The summed E-state index contributed by atoms with van der Waals surface area (Å²) in [5, 5.41) is 6.19. The van der Waals surface area contributed by atoms with Crippen molar-refractivity contribution in [2.24, 2.45) is 0 Å². The smallest absolute Gasteiger partial charge is 0.262 e. The number of para-hydroxylation sites is 2. The molecule has 1 aliphatic carbocycles. The molecule has 0 saturated heterocycles. The maximum atomic E-state index is 12.0. The summed E-state index contributed by atoms with van der Waals surface area (Å²) >= 11 is 0. The molecule has 1 fully saturated rings. The Morgan fingerprint density at radius 1 is 1.16 bits per heavy atom. The quantitative estimate of drug-likeness (QED) is 0.807. The van der Waals surface area contributed by atoms with Gasteiger partial charge in [-0.05, 0) is 37.1 Å². The molecule has 1 heterocycles. The van der Waals surface area contributed by atoms with Crippen molar-refractivity contribution >= 4 is 17.4 Å². The lowest BCUT2D eigenvalue weighted by molar-refractivity contribution is -0.118. The Morgan fingerprint density at radius 2 is 1.92 bits per heavy atom. The number of nitrogens with zero attached hydrogens (tertiary/aromatic N) is 1. The number of benzene rings is 1. The second-order valence-electron chi connectivity index (χ2n) is 6.05. The fourth-order valence-electron chi connectivity index (χ4n) is 2.91. The Kier molecular flexibility index (Phi) is 5.72. The summed E-state index contributed by atoms with van der Waals surface area (Å²) in [4.78, 5) is 16.4. The minimum Gasteiger partial charge on any atom is -0.493 e. The number of amides is 1. The molecule has 1 amide bonds. The van der Waals surface area contributed by atoms with Gasteiger partial charge in [0.2, 0.25) is 0 Å². The van der Waals surface area contributed by atoms with Crippen molar-refractivity contribution in [3.8, 4) is 11.5 Å². The van der Waals surface area contributed by atoms with E-state index in [1.165, 1.54) is 25.7 Å². The number of rotatable bonds is 7. The van der Waals surface area contributed by atoms with Gasteiger partial charge in [-0.3, -0.25) is 4.79 Å². The average molecular weight is 341 g/mol.